The lowest BCUT2D eigenvalue weighted by Crippen LogP contribution is -2.38. The van der Waals surface area contributed by atoms with Gasteiger partial charge in [-0.05, 0) is 23.6 Å². The first-order valence-electron chi connectivity index (χ1n) is 7.23. The van der Waals surface area contributed by atoms with E-state index in [9.17, 15) is 14.4 Å². The maximum atomic E-state index is 12.4. The number of hydrogen-bond acceptors (Lipinski definition) is 6. The van der Waals surface area contributed by atoms with Crippen molar-refractivity contribution in [2.24, 2.45) is 0 Å². The number of para-hydroxylation sites is 1. The molecule has 0 unspecified atom stereocenters. The monoisotopic (exact) mass is 374 g/mol. The second kappa shape index (κ2) is 6.99. The van der Waals surface area contributed by atoms with Crippen molar-refractivity contribution in [3.63, 3.8) is 0 Å². The topological polar surface area (TPSA) is 91.4 Å². The number of anilines is 1. The van der Waals surface area contributed by atoms with Crippen LogP contribution < -0.4 is 10.6 Å². The zero-order chi connectivity index (χ0) is 18.0. The van der Waals surface area contributed by atoms with E-state index >= 15 is 0 Å². The van der Waals surface area contributed by atoms with Gasteiger partial charge in [0.2, 0.25) is 0 Å². The van der Waals surface area contributed by atoms with E-state index in [1.165, 1.54) is 41.7 Å². The number of hydrogen-bond donors (Lipinski definition) is 2. The van der Waals surface area contributed by atoms with Gasteiger partial charge in [-0.15, -0.1) is 22.7 Å². The average Bonchev–Trinajstić information content (AvgIpc) is 3.20. The molecule has 0 bridgehead atoms. The molecule has 0 aliphatic heterocycles. The molecule has 3 aromatic rings. The van der Waals surface area contributed by atoms with E-state index < -0.39 is 17.8 Å². The predicted molar refractivity (Wildman–Crippen MR) is 98.4 cm³/mol. The zero-order valence-electron chi connectivity index (χ0n) is 13.4. The Morgan fingerprint density at radius 1 is 1.08 bits per heavy atom. The van der Waals surface area contributed by atoms with Crippen molar-refractivity contribution < 1.29 is 14.4 Å². The van der Waals surface area contributed by atoms with Gasteiger partial charge in [-0.1, -0.05) is 12.1 Å². The highest BCUT2D eigenvalue weighted by Crippen LogP contribution is 2.26. The summed E-state index contributed by atoms with van der Waals surface area (Å²) in [5.74, 6) is -0.962. The number of rotatable bonds is 3. The van der Waals surface area contributed by atoms with Gasteiger partial charge in [-0.25, -0.2) is 9.78 Å². The first-order chi connectivity index (χ1) is 12.0. The normalized spacial score (nSPS) is 10.5. The third-order valence-corrected chi connectivity index (χ3v) is 5.12. The number of nitrogens with one attached hydrogen (secondary N) is 2. The molecule has 2 N–H and O–H groups in total. The summed E-state index contributed by atoms with van der Waals surface area (Å²) in [6.45, 7) is 0. The van der Waals surface area contributed by atoms with Crippen LogP contribution in [0.2, 0.25) is 0 Å². The third-order valence-electron chi connectivity index (χ3n) is 3.25. The molecule has 0 fully saturated rings. The Labute approximate surface area is 151 Å². The third kappa shape index (κ3) is 3.67. The fraction of sp³-hybridized carbons (Fsp3) is 0.125. The minimum atomic E-state index is -0.570. The summed E-state index contributed by atoms with van der Waals surface area (Å²) in [6, 6.07) is 8.48. The molecule has 0 radical (unpaired) electrons. The molecule has 0 saturated carbocycles. The highest BCUT2D eigenvalue weighted by Gasteiger charge is 2.20. The van der Waals surface area contributed by atoms with E-state index in [1.807, 2.05) is 24.3 Å². The van der Waals surface area contributed by atoms with Gasteiger partial charge in [0.15, 0.2) is 5.01 Å². The molecule has 2 heterocycles. The van der Waals surface area contributed by atoms with Crippen LogP contribution in [0.1, 0.15) is 20.2 Å². The summed E-state index contributed by atoms with van der Waals surface area (Å²) in [5.41, 5.74) is 0.980. The molecule has 0 atom stereocenters. The SMILES string of the molecule is CN(C)C(=O)NC(=O)c1ccsc1NC(=O)c1nc2ccccc2s1. The predicted octanol–water partition coefficient (Wildman–Crippen LogP) is 3.02. The van der Waals surface area contributed by atoms with Gasteiger partial charge in [-0.2, -0.15) is 0 Å². The summed E-state index contributed by atoms with van der Waals surface area (Å²) >= 11 is 2.48. The van der Waals surface area contributed by atoms with Gasteiger partial charge in [-0.3, -0.25) is 14.9 Å². The van der Waals surface area contributed by atoms with Gasteiger partial charge >= 0.3 is 6.03 Å². The largest absolute Gasteiger partial charge is 0.331 e. The van der Waals surface area contributed by atoms with Gasteiger partial charge in [0.05, 0.1) is 15.8 Å². The molecular weight excluding hydrogens is 360 g/mol. The fourth-order valence-corrected chi connectivity index (χ4v) is 3.63. The number of urea groups is 1. The molecule has 0 spiro atoms. The first-order valence-corrected chi connectivity index (χ1v) is 8.92. The zero-order valence-corrected chi connectivity index (χ0v) is 15.0. The van der Waals surface area contributed by atoms with Crippen LogP contribution in [0.5, 0.6) is 0 Å². The molecule has 1 aromatic carbocycles. The highest BCUT2D eigenvalue weighted by molar-refractivity contribution is 7.20. The van der Waals surface area contributed by atoms with Crippen LogP contribution >= 0.6 is 22.7 Å². The number of carbonyl (C=O) groups excluding carboxylic acids is 3. The lowest BCUT2D eigenvalue weighted by Gasteiger charge is -2.11. The standard InChI is InChI=1S/C16H14N4O3S2/c1-20(2)16(23)19-12(21)9-7-8-24-14(9)18-13(22)15-17-10-5-3-4-6-11(10)25-15/h3-8H,1-2H3,(H,18,22)(H,19,21,23). The van der Waals surface area contributed by atoms with Crippen LogP contribution in [-0.4, -0.2) is 41.8 Å². The summed E-state index contributed by atoms with van der Waals surface area (Å²) in [4.78, 5) is 41.8. The number of imide groups is 1. The minimum Gasteiger partial charge on any atom is -0.331 e. The van der Waals surface area contributed by atoms with Gasteiger partial charge in [0.25, 0.3) is 11.8 Å². The Kier molecular flexibility index (Phi) is 4.77. The lowest BCUT2D eigenvalue weighted by atomic mass is 10.3. The maximum absolute atomic E-state index is 12.4. The molecular formula is C16H14N4O3S2. The van der Waals surface area contributed by atoms with Gasteiger partial charge in [0, 0.05) is 14.1 Å². The van der Waals surface area contributed by atoms with E-state index in [4.69, 9.17) is 0 Å². The Bertz CT molecular complexity index is 928. The Morgan fingerprint density at radius 2 is 1.84 bits per heavy atom. The Balaban J connectivity index is 1.77. The summed E-state index contributed by atoms with van der Waals surface area (Å²) in [6.07, 6.45) is 0. The van der Waals surface area contributed by atoms with Crippen molar-refractivity contribution in [2.45, 2.75) is 0 Å². The molecule has 9 heteroatoms. The number of carbonyl (C=O) groups is 3. The Morgan fingerprint density at radius 3 is 2.56 bits per heavy atom. The summed E-state index contributed by atoms with van der Waals surface area (Å²) in [7, 11) is 3.07. The molecule has 3 rings (SSSR count). The van der Waals surface area contributed by atoms with Crippen molar-refractivity contribution in [3.8, 4) is 0 Å². The van der Waals surface area contributed by atoms with Crippen LogP contribution in [0.4, 0.5) is 9.80 Å². The number of fused-ring (bicyclic) bond motifs is 1. The number of aromatic nitrogens is 1. The number of benzene rings is 1. The first kappa shape index (κ1) is 17.1. The molecule has 0 saturated heterocycles. The smallest absolute Gasteiger partial charge is 0.323 e. The van der Waals surface area contributed by atoms with Gasteiger partial charge in [0.1, 0.15) is 5.00 Å². The lowest BCUT2D eigenvalue weighted by molar-refractivity contribution is 0.0958. The molecule has 0 aliphatic carbocycles. The van der Waals surface area contributed by atoms with E-state index in [0.29, 0.717) is 10.0 Å². The van der Waals surface area contributed by atoms with Crippen LogP contribution in [-0.2, 0) is 0 Å². The molecule has 0 aliphatic rings. The van der Waals surface area contributed by atoms with Crippen molar-refractivity contribution in [1.29, 1.82) is 0 Å². The summed E-state index contributed by atoms with van der Waals surface area (Å²) < 4.78 is 0.911. The van der Waals surface area contributed by atoms with E-state index in [2.05, 4.69) is 15.6 Å². The van der Waals surface area contributed by atoms with Crippen LogP contribution in [0.25, 0.3) is 10.2 Å². The van der Waals surface area contributed by atoms with Crippen molar-refractivity contribution in [3.05, 3.63) is 46.3 Å². The molecule has 128 valence electrons. The fourth-order valence-electron chi connectivity index (χ4n) is 1.99. The molecule has 25 heavy (non-hydrogen) atoms. The number of amides is 4. The number of thiophene rings is 1. The van der Waals surface area contributed by atoms with Crippen molar-refractivity contribution >= 4 is 55.7 Å². The average molecular weight is 374 g/mol. The van der Waals surface area contributed by atoms with Crippen molar-refractivity contribution in [1.82, 2.24) is 15.2 Å². The van der Waals surface area contributed by atoms with Crippen molar-refractivity contribution in [2.75, 3.05) is 19.4 Å². The molecule has 4 amide bonds. The molecule has 2 aromatic heterocycles. The van der Waals surface area contributed by atoms with Crippen LogP contribution in [0.3, 0.4) is 0 Å². The molecule has 7 nitrogen and oxygen atoms in total. The summed E-state index contributed by atoms with van der Waals surface area (Å²) in [5, 5.41) is 7.29. The van der Waals surface area contributed by atoms with Crippen LogP contribution in [0, 0.1) is 0 Å². The van der Waals surface area contributed by atoms with E-state index in [0.717, 1.165) is 10.2 Å². The highest BCUT2D eigenvalue weighted by atomic mass is 32.1. The van der Waals surface area contributed by atoms with Gasteiger partial charge < -0.3 is 10.2 Å². The quantitative estimate of drug-likeness (QED) is 0.737. The maximum Gasteiger partial charge on any atom is 0.323 e. The second-order valence-corrected chi connectivity index (χ2v) is 7.20. The number of nitrogens with zero attached hydrogens (tertiary/aromatic N) is 2. The van der Waals surface area contributed by atoms with Crippen LogP contribution in [0.15, 0.2) is 35.7 Å². The van der Waals surface area contributed by atoms with E-state index in [1.54, 1.807) is 11.4 Å². The second-order valence-electron chi connectivity index (χ2n) is 5.26. The Hall–Kier alpha value is -2.78. The number of thiazole rings is 1. The minimum absolute atomic E-state index is 0.231. The van der Waals surface area contributed by atoms with E-state index in [-0.39, 0.29) is 5.56 Å².